The summed E-state index contributed by atoms with van der Waals surface area (Å²) >= 11 is 0. The van der Waals surface area contributed by atoms with E-state index in [2.05, 4.69) is 41.8 Å². The first-order valence-corrected chi connectivity index (χ1v) is 7.90. The molecule has 1 aliphatic heterocycles. The van der Waals surface area contributed by atoms with E-state index in [-0.39, 0.29) is 0 Å². The molecule has 0 saturated carbocycles. The van der Waals surface area contributed by atoms with Crippen LogP contribution in [0.1, 0.15) is 29.5 Å². The number of rotatable bonds is 6. The first-order chi connectivity index (χ1) is 9.69. The summed E-state index contributed by atoms with van der Waals surface area (Å²) in [4.78, 5) is 5.16. The quantitative estimate of drug-likeness (QED) is 0.808. The van der Waals surface area contributed by atoms with Gasteiger partial charge in [0.1, 0.15) is 0 Å². The van der Waals surface area contributed by atoms with Gasteiger partial charge in [-0.3, -0.25) is 4.90 Å². The smallest absolute Gasteiger partial charge is 0.0237 e. The summed E-state index contributed by atoms with van der Waals surface area (Å²) < 4.78 is 0. The summed E-state index contributed by atoms with van der Waals surface area (Å²) in [5.74, 6) is 0. The largest absolute Gasteiger partial charge is 0.330 e. The number of nitrogens with two attached hydrogens (primary N) is 1. The number of unbranched alkanes of at least 4 members (excludes halogenated alkanes) is 1. The number of piperazine rings is 1. The van der Waals surface area contributed by atoms with E-state index in [1.165, 1.54) is 55.8 Å². The highest BCUT2D eigenvalue weighted by atomic mass is 15.3. The van der Waals surface area contributed by atoms with Crippen molar-refractivity contribution in [1.29, 1.82) is 0 Å². The Hall–Kier alpha value is -0.900. The van der Waals surface area contributed by atoms with Crippen LogP contribution in [0.3, 0.4) is 0 Å². The van der Waals surface area contributed by atoms with Gasteiger partial charge in [0, 0.05) is 32.7 Å². The summed E-state index contributed by atoms with van der Waals surface area (Å²) in [6, 6.07) is 6.78. The van der Waals surface area contributed by atoms with Gasteiger partial charge in [-0.05, 0) is 50.9 Å². The highest BCUT2D eigenvalue weighted by Gasteiger charge is 2.16. The monoisotopic (exact) mass is 275 g/mol. The fourth-order valence-electron chi connectivity index (χ4n) is 2.86. The molecule has 1 aromatic rings. The van der Waals surface area contributed by atoms with Crippen molar-refractivity contribution in [3.05, 3.63) is 34.9 Å². The number of hydrogen-bond donors (Lipinski definition) is 1. The first-order valence-electron chi connectivity index (χ1n) is 7.90. The van der Waals surface area contributed by atoms with Crippen LogP contribution in [0.15, 0.2) is 18.2 Å². The Balaban J connectivity index is 1.78. The van der Waals surface area contributed by atoms with E-state index in [9.17, 15) is 0 Å². The maximum atomic E-state index is 5.55. The van der Waals surface area contributed by atoms with E-state index in [4.69, 9.17) is 5.73 Å². The van der Waals surface area contributed by atoms with E-state index >= 15 is 0 Å². The highest BCUT2D eigenvalue weighted by Crippen LogP contribution is 2.14. The Morgan fingerprint density at radius 3 is 2.40 bits per heavy atom. The predicted molar refractivity (Wildman–Crippen MR) is 85.9 cm³/mol. The second-order valence-corrected chi connectivity index (χ2v) is 6.04. The first kappa shape index (κ1) is 15.5. The van der Waals surface area contributed by atoms with Gasteiger partial charge in [0.2, 0.25) is 0 Å². The molecule has 0 radical (unpaired) electrons. The molecule has 1 heterocycles. The van der Waals surface area contributed by atoms with Gasteiger partial charge in [0.15, 0.2) is 0 Å². The van der Waals surface area contributed by atoms with Crippen molar-refractivity contribution in [3.63, 3.8) is 0 Å². The van der Waals surface area contributed by atoms with Crippen LogP contribution in [-0.2, 0) is 6.54 Å². The lowest BCUT2D eigenvalue weighted by Gasteiger charge is -2.35. The molecule has 112 valence electrons. The average Bonchev–Trinajstić information content (AvgIpc) is 2.45. The standard InChI is InChI=1S/C17H29N3/c1-15-5-6-16(2)17(13-15)14-20-11-9-19(10-12-20)8-4-3-7-18/h5-6,13H,3-4,7-12,14,18H2,1-2H3. The summed E-state index contributed by atoms with van der Waals surface area (Å²) in [5.41, 5.74) is 9.82. The molecule has 1 aromatic carbocycles. The fourth-order valence-corrected chi connectivity index (χ4v) is 2.86. The van der Waals surface area contributed by atoms with Crippen LogP contribution in [0.25, 0.3) is 0 Å². The Morgan fingerprint density at radius 1 is 1.00 bits per heavy atom. The van der Waals surface area contributed by atoms with Gasteiger partial charge in [-0.15, -0.1) is 0 Å². The highest BCUT2D eigenvalue weighted by molar-refractivity contribution is 5.30. The molecular formula is C17H29N3. The van der Waals surface area contributed by atoms with Crippen molar-refractivity contribution in [2.75, 3.05) is 39.3 Å². The molecule has 0 aromatic heterocycles. The van der Waals surface area contributed by atoms with Gasteiger partial charge in [-0.2, -0.15) is 0 Å². The molecule has 2 rings (SSSR count). The summed E-state index contributed by atoms with van der Waals surface area (Å²) in [7, 11) is 0. The zero-order valence-electron chi connectivity index (χ0n) is 13.1. The molecule has 20 heavy (non-hydrogen) atoms. The van der Waals surface area contributed by atoms with E-state index in [1.807, 2.05) is 0 Å². The third kappa shape index (κ3) is 4.58. The van der Waals surface area contributed by atoms with Crippen LogP contribution in [0.2, 0.25) is 0 Å². The van der Waals surface area contributed by atoms with Gasteiger partial charge in [-0.1, -0.05) is 23.8 Å². The average molecular weight is 275 g/mol. The Kier molecular flexibility index (Phi) is 6.02. The molecular weight excluding hydrogens is 246 g/mol. The zero-order valence-corrected chi connectivity index (χ0v) is 13.1. The minimum atomic E-state index is 0.826. The van der Waals surface area contributed by atoms with Crippen LogP contribution in [0.5, 0.6) is 0 Å². The van der Waals surface area contributed by atoms with Gasteiger partial charge in [-0.25, -0.2) is 0 Å². The Bertz CT molecular complexity index is 409. The Labute approximate surface area is 123 Å². The molecule has 1 aliphatic rings. The predicted octanol–water partition coefficient (Wildman–Crippen LogP) is 2.16. The van der Waals surface area contributed by atoms with Crippen molar-refractivity contribution in [2.24, 2.45) is 5.73 Å². The Morgan fingerprint density at radius 2 is 1.70 bits per heavy atom. The third-order valence-corrected chi connectivity index (χ3v) is 4.29. The second-order valence-electron chi connectivity index (χ2n) is 6.04. The molecule has 3 heteroatoms. The molecule has 3 nitrogen and oxygen atoms in total. The van der Waals surface area contributed by atoms with Gasteiger partial charge in [0.25, 0.3) is 0 Å². The zero-order chi connectivity index (χ0) is 14.4. The maximum absolute atomic E-state index is 5.55. The van der Waals surface area contributed by atoms with Crippen LogP contribution in [-0.4, -0.2) is 49.1 Å². The van der Waals surface area contributed by atoms with E-state index in [0.29, 0.717) is 0 Å². The van der Waals surface area contributed by atoms with Crippen molar-refractivity contribution >= 4 is 0 Å². The number of nitrogens with zero attached hydrogens (tertiary/aromatic N) is 2. The molecule has 1 fully saturated rings. The van der Waals surface area contributed by atoms with Gasteiger partial charge in [0.05, 0.1) is 0 Å². The normalized spacial score (nSPS) is 17.6. The molecule has 0 aliphatic carbocycles. The van der Waals surface area contributed by atoms with Crippen molar-refractivity contribution < 1.29 is 0 Å². The fraction of sp³-hybridized carbons (Fsp3) is 0.647. The van der Waals surface area contributed by atoms with Crippen molar-refractivity contribution in [2.45, 2.75) is 33.2 Å². The molecule has 0 amide bonds. The van der Waals surface area contributed by atoms with Crippen LogP contribution in [0.4, 0.5) is 0 Å². The number of hydrogen-bond acceptors (Lipinski definition) is 3. The van der Waals surface area contributed by atoms with Gasteiger partial charge >= 0.3 is 0 Å². The lowest BCUT2D eigenvalue weighted by atomic mass is 10.0. The van der Waals surface area contributed by atoms with E-state index < -0.39 is 0 Å². The lowest BCUT2D eigenvalue weighted by Crippen LogP contribution is -2.46. The number of aryl methyl sites for hydroxylation is 2. The minimum absolute atomic E-state index is 0.826. The summed E-state index contributed by atoms with van der Waals surface area (Å²) in [6.45, 7) is 12.3. The third-order valence-electron chi connectivity index (χ3n) is 4.29. The topological polar surface area (TPSA) is 32.5 Å². The molecule has 1 saturated heterocycles. The van der Waals surface area contributed by atoms with Crippen molar-refractivity contribution in [3.8, 4) is 0 Å². The maximum Gasteiger partial charge on any atom is 0.0237 e. The molecule has 0 atom stereocenters. The minimum Gasteiger partial charge on any atom is -0.330 e. The molecule has 0 bridgehead atoms. The van der Waals surface area contributed by atoms with Gasteiger partial charge < -0.3 is 10.6 Å². The lowest BCUT2D eigenvalue weighted by molar-refractivity contribution is 0.125. The SMILES string of the molecule is Cc1ccc(C)c(CN2CCN(CCCCN)CC2)c1. The van der Waals surface area contributed by atoms with Crippen molar-refractivity contribution in [1.82, 2.24) is 9.80 Å². The molecule has 2 N–H and O–H groups in total. The van der Waals surface area contributed by atoms with E-state index in [1.54, 1.807) is 0 Å². The van der Waals surface area contributed by atoms with Crippen LogP contribution in [0, 0.1) is 13.8 Å². The van der Waals surface area contributed by atoms with Crippen LogP contribution < -0.4 is 5.73 Å². The van der Waals surface area contributed by atoms with Crippen LogP contribution >= 0.6 is 0 Å². The number of benzene rings is 1. The molecule has 0 unspecified atom stereocenters. The van der Waals surface area contributed by atoms with E-state index in [0.717, 1.165) is 19.5 Å². The summed E-state index contributed by atoms with van der Waals surface area (Å²) in [5, 5.41) is 0. The molecule has 0 spiro atoms. The second kappa shape index (κ2) is 7.77. The summed E-state index contributed by atoms with van der Waals surface area (Å²) in [6.07, 6.45) is 2.40.